The first-order valence-electron chi connectivity index (χ1n) is 8.74. The molecule has 0 aliphatic carbocycles. The van der Waals surface area contributed by atoms with Crippen molar-refractivity contribution in [1.29, 1.82) is 0 Å². The van der Waals surface area contributed by atoms with Crippen molar-refractivity contribution < 1.29 is 0 Å². The van der Waals surface area contributed by atoms with Gasteiger partial charge in [0, 0.05) is 68.6 Å². The monoisotopic (exact) mass is 345 g/mol. The van der Waals surface area contributed by atoms with E-state index in [1.165, 1.54) is 38.2 Å². The van der Waals surface area contributed by atoms with Gasteiger partial charge in [-0.25, -0.2) is 4.68 Å². The summed E-state index contributed by atoms with van der Waals surface area (Å²) >= 11 is 5.95. The van der Waals surface area contributed by atoms with Crippen LogP contribution in [0.15, 0.2) is 36.7 Å². The van der Waals surface area contributed by atoms with Crippen molar-refractivity contribution in [3.8, 4) is 5.69 Å². The Bertz CT molecular complexity index is 662. The number of benzene rings is 1. The quantitative estimate of drug-likeness (QED) is 0.919. The number of nitrogens with zero attached hydrogens (tertiary/aromatic N) is 4. The summed E-state index contributed by atoms with van der Waals surface area (Å²) in [5.74, 6) is 0. The number of piperazine rings is 1. The van der Waals surface area contributed by atoms with Crippen LogP contribution in [-0.2, 0) is 6.54 Å². The molecular formula is C18H24ClN5. The highest BCUT2D eigenvalue weighted by atomic mass is 35.5. The summed E-state index contributed by atoms with van der Waals surface area (Å²) in [6.07, 6.45) is 5.39. The summed E-state index contributed by atoms with van der Waals surface area (Å²) in [6.45, 7) is 7.97. The molecule has 4 rings (SSSR count). The molecule has 24 heavy (non-hydrogen) atoms. The molecule has 1 atom stereocenters. The Kier molecular flexibility index (Phi) is 4.85. The first kappa shape index (κ1) is 16.1. The Morgan fingerprint density at radius 1 is 1.12 bits per heavy atom. The van der Waals surface area contributed by atoms with Crippen molar-refractivity contribution in [1.82, 2.24) is 24.9 Å². The maximum absolute atomic E-state index is 5.95. The largest absolute Gasteiger partial charge is 0.314 e. The molecule has 3 heterocycles. The zero-order valence-corrected chi connectivity index (χ0v) is 14.6. The van der Waals surface area contributed by atoms with Gasteiger partial charge in [-0.05, 0) is 30.7 Å². The van der Waals surface area contributed by atoms with Gasteiger partial charge in [-0.15, -0.1) is 0 Å². The Balaban J connectivity index is 1.35. The van der Waals surface area contributed by atoms with Crippen molar-refractivity contribution in [2.45, 2.75) is 19.0 Å². The first-order chi connectivity index (χ1) is 11.8. The molecule has 1 aromatic carbocycles. The number of hydrogen-bond donors (Lipinski definition) is 1. The van der Waals surface area contributed by atoms with Crippen molar-refractivity contribution in [2.24, 2.45) is 0 Å². The Morgan fingerprint density at radius 2 is 1.92 bits per heavy atom. The fraction of sp³-hybridized carbons (Fsp3) is 0.500. The number of likely N-dealkylation sites (tertiary alicyclic amines) is 1. The number of halogens is 1. The predicted molar refractivity (Wildman–Crippen MR) is 96.7 cm³/mol. The van der Waals surface area contributed by atoms with Gasteiger partial charge >= 0.3 is 0 Å². The van der Waals surface area contributed by atoms with Crippen LogP contribution in [0.5, 0.6) is 0 Å². The van der Waals surface area contributed by atoms with Crippen LogP contribution in [0.2, 0.25) is 5.02 Å². The SMILES string of the molecule is Clc1ccc(-n2cc(CN3CCC(N4CCNCC4)C3)cn2)cc1. The molecule has 1 unspecified atom stereocenters. The van der Waals surface area contributed by atoms with Gasteiger partial charge in [-0.1, -0.05) is 11.6 Å². The van der Waals surface area contributed by atoms with Crippen LogP contribution < -0.4 is 5.32 Å². The minimum Gasteiger partial charge on any atom is -0.314 e. The van der Waals surface area contributed by atoms with Gasteiger partial charge in [0.25, 0.3) is 0 Å². The molecule has 0 bridgehead atoms. The van der Waals surface area contributed by atoms with Crippen molar-refractivity contribution in [2.75, 3.05) is 39.3 Å². The summed E-state index contributed by atoms with van der Waals surface area (Å²) < 4.78 is 1.93. The van der Waals surface area contributed by atoms with Crippen LogP contribution in [0.4, 0.5) is 0 Å². The van der Waals surface area contributed by atoms with Crippen LogP contribution in [0, 0.1) is 0 Å². The van der Waals surface area contributed by atoms with Crippen molar-refractivity contribution in [3.05, 3.63) is 47.2 Å². The fourth-order valence-electron chi connectivity index (χ4n) is 3.74. The van der Waals surface area contributed by atoms with Gasteiger partial charge in [0.2, 0.25) is 0 Å². The number of aromatic nitrogens is 2. The standard InChI is InChI=1S/C18H24ClN5/c19-16-1-3-17(4-2-16)24-13-15(11-21-24)12-22-8-5-18(14-22)23-9-6-20-7-10-23/h1-4,11,13,18,20H,5-10,12,14H2. The molecule has 0 radical (unpaired) electrons. The summed E-state index contributed by atoms with van der Waals surface area (Å²) in [5, 5.41) is 8.68. The van der Waals surface area contributed by atoms with Crippen LogP contribution in [-0.4, -0.2) is 64.9 Å². The Hall–Kier alpha value is -1.40. The van der Waals surface area contributed by atoms with Crippen molar-refractivity contribution in [3.63, 3.8) is 0 Å². The third-order valence-electron chi connectivity index (χ3n) is 5.05. The summed E-state index contributed by atoms with van der Waals surface area (Å²) in [5.41, 5.74) is 2.32. The predicted octanol–water partition coefficient (Wildman–Crippen LogP) is 2.01. The van der Waals surface area contributed by atoms with E-state index in [-0.39, 0.29) is 0 Å². The van der Waals surface area contributed by atoms with E-state index < -0.39 is 0 Å². The van der Waals surface area contributed by atoms with E-state index in [9.17, 15) is 0 Å². The average molecular weight is 346 g/mol. The third-order valence-corrected chi connectivity index (χ3v) is 5.30. The molecular weight excluding hydrogens is 322 g/mol. The second kappa shape index (κ2) is 7.23. The van der Waals surface area contributed by atoms with Gasteiger partial charge in [-0.3, -0.25) is 9.80 Å². The van der Waals surface area contributed by atoms with E-state index in [1.807, 2.05) is 35.1 Å². The molecule has 2 aliphatic rings. The molecule has 2 fully saturated rings. The van der Waals surface area contributed by atoms with Gasteiger partial charge in [0.1, 0.15) is 0 Å². The van der Waals surface area contributed by atoms with E-state index >= 15 is 0 Å². The van der Waals surface area contributed by atoms with Gasteiger partial charge in [0.15, 0.2) is 0 Å². The lowest BCUT2D eigenvalue weighted by Crippen LogP contribution is -2.49. The lowest BCUT2D eigenvalue weighted by Gasteiger charge is -2.32. The van der Waals surface area contributed by atoms with Crippen LogP contribution >= 0.6 is 11.6 Å². The number of hydrogen-bond acceptors (Lipinski definition) is 4. The second-order valence-electron chi connectivity index (χ2n) is 6.73. The van der Waals surface area contributed by atoms with Crippen LogP contribution in [0.3, 0.4) is 0 Å². The molecule has 5 nitrogen and oxygen atoms in total. The average Bonchev–Trinajstić information content (AvgIpc) is 3.27. The second-order valence-corrected chi connectivity index (χ2v) is 7.17. The highest BCUT2D eigenvalue weighted by Gasteiger charge is 2.28. The lowest BCUT2D eigenvalue weighted by molar-refractivity contribution is 0.170. The minimum absolute atomic E-state index is 0.721. The van der Waals surface area contributed by atoms with Crippen LogP contribution in [0.25, 0.3) is 5.69 Å². The number of rotatable bonds is 4. The van der Waals surface area contributed by atoms with Gasteiger partial charge < -0.3 is 5.32 Å². The van der Waals surface area contributed by atoms with E-state index in [0.29, 0.717) is 0 Å². The molecule has 0 saturated carbocycles. The first-order valence-corrected chi connectivity index (χ1v) is 9.12. The van der Waals surface area contributed by atoms with E-state index in [0.717, 1.165) is 36.4 Å². The zero-order valence-electron chi connectivity index (χ0n) is 13.9. The molecule has 2 saturated heterocycles. The summed E-state index contributed by atoms with van der Waals surface area (Å²) in [6, 6.07) is 8.51. The van der Waals surface area contributed by atoms with Crippen molar-refractivity contribution >= 4 is 11.6 Å². The molecule has 0 amide bonds. The highest BCUT2D eigenvalue weighted by molar-refractivity contribution is 6.30. The number of nitrogens with one attached hydrogen (secondary N) is 1. The molecule has 6 heteroatoms. The Morgan fingerprint density at radius 3 is 2.71 bits per heavy atom. The lowest BCUT2D eigenvalue weighted by atomic mass is 10.2. The normalized spacial score (nSPS) is 23.0. The maximum Gasteiger partial charge on any atom is 0.0646 e. The van der Waals surface area contributed by atoms with Gasteiger partial charge in [-0.2, -0.15) is 5.10 Å². The molecule has 0 spiro atoms. The molecule has 2 aliphatic heterocycles. The minimum atomic E-state index is 0.721. The smallest absolute Gasteiger partial charge is 0.0646 e. The van der Waals surface area contributed by atoms with Gasteiger partial charge in [0.05, 0.1) is 11.9 Å². The zero-order chi connectivity index (χ0) is 16.4. The molecule has 1 N–H and O–H groups in total. The fourth-order valence-corrected chi connectivity index (χ4v) is 3.86. The summed E-state index contributed by atoms with van der Waals surface area (Å²) in [7, 11) is 0. The Labute approximate surface area is 148 Å². The third kappa shape index (κ3) is 3.64. The molecule has 128 valence electrons. The van der Waals surface area contributed by atoms with Crippen LogP contribution in [0.1, 0.15) is 12.0 Å². The molecule has 2 aromatic rings. The van der Waals surface area contributed by atoms with E-state index in [1.54, 1.807) is 0 Å². The highest BCUT2D eigenvalue weighted by Crippen LogP contribution is 2.19. The van der Waals surface area contributed by atoms with E-state index in [2.05, 4.69) is 26.4 Å². The maximum atomic E-state index is 5.95. The molecule has 1 aromatic heterocycles. The topological polar surface area (TPSA) is 36.3 Å². The van der Waals surface area contributed by atoms with E-state index in [4.69, 9.17) is 11.6 Å². The summed E-state index contributed by atoms with van der Waals surface area (Å²) in [4.78, 5) is 5.20.